The van der Waals surface area contributed by atoms with Gasteiger partial charge in [0.25, 0.3) is 0 Å². The molecule has 1 aromatic rings. The smallest absolute Gasteiger partial charge is 0.306 e. The minimum absolute atomic E-state index is 0.0994. The third kappa shape index (κ3) is 3.69. The van der Waals surface area contributed by atoms with Crippen LogP contribution in [0.15, 0.2) is 24.3 Å². The molecule has 0 aliphatic rings. The summed E-state index contributed by atoms with van der Waals surface area (Å²) in [6.45, 7) is 6.02. The van der Waals surface area contributed by atoms with Crippen molar-refractivity contribution in [1.82, 2.24) is 0 Å². The van der Waals surface area contributed by atoms with Crippen LogP contribution in [-0.2, 0) is 9.53 Å². The molecular weight excluding hydrogens is 200 g/mol. The van der Waals surface area contributed by atoms with E-state index in [4.69, 9.17) is 4.74 Å². The van der Waals surface area contributed by atoms with Gasteiger partial charge in [-0.1, -0.05) is 37.6 Å². The van der Waals surface area contributed by atoms with Crippen molar-refractivity contribution in [2.75, 3.05) is 0 Å². The summed E-state index contributed by atoms with van der Waals surface area (Å²) in [7, 11) is 0. The molecule has 0 saturated heterocycles. The molecule has 0 aromatic heterocycles. The summed E-state index contributed by atoms with van der Waals surface area (Å²) in [6, 6.07) is 8.00. The number of aryl methyl sites for hydroxylation is 1. The Morgan fingerprint density at radius 2 is 2.06 bits per heavy atom. The molecule has 0 aliphatic carbocycles. The van der Waals surface area contributed by atoms with E-state index in [-0.39, 0.29) is 12.1 Å². The predicted molar refractivity (Wildman–Crippen MR) is 65.2 cm³/mol. The summed E-state index contributed by atoms with van der Waals surface area (Å²) in [4.78, 5) is 11.5. The van der Waals surface area contributed by atoms with E-state index in [1.54, 1.807) is 0 Å². The van der Waals surface area contributed by atoms with Crippen LogP contribution in [0.25, 0.3) is 0 Å². The molecule has 0 unspecified atom stereocenters. The average molecular weight is 220 g/mol. The molecule has 0 aliphatic heterocycles. The van der Waals surface area contributed by atoms with Gasteiger partial charge in [0, 0.05) is 6.42 Å². The van der Waals surface area contributed by atoms with Gasteiger partial charge in [-0.15, -0.1) is 0 Å². The van der Waals surface area contributed by atoms with Crippen molar-refractivity contribution in [3.05, 3.63) is 35.4 Å². The van der Waals surface area contributed by atoms with E-state index in [9.17, 15) is 4.79 Å². The van der Waals surface area contributed by atoms with Crippen molar-refractivity contribution in [2.45, 2.75) is 46.1 Å². The highest BCUT2D eigenvalue weighted by atomic mass is 16.5. The first-order valence-electron chi connectivity index (χ1n) is 5.90. The number of carbonyl (C=O) groups is 1. The number of hydrogen-bond donors (Lipinski definition) is 0. The molecule has 2 heteroatoms. The molecule has 0 N–H and O–H groups in total. The quantitative estimate of drug-likeness (QED) is 0.706. The lowest BCUT2D eigenvalue weighted by molar-refractivity contribution is -0.148. The first kappa shape index (κ1) is 12.8. The number of hydrogen-bond acceptors (Lipinski definition) is 2. The topological polar surface area (TPSA) is 26.3 Å². The Bertz CT molecular complexity index is 344. The van der Waals surface area contributed by atoms with Crippen molar-refractivity contribution in [3.63, 3.8) is 0 Å². The number of rotatable bonds is 5. The van der Waals surface area contributed by atoms with Gasteiger partial charge in [0.15, 0.2) is 0 Å². The predicted octanol–water partition coefficient (Wildman–Crippen LogP) is 3.79. The number of ether oxygens (including phenoxy) is 1. The van der Waals surface area contributed by atoms with Gasteiger partial charge in [0.1, 0.15) is 6.10 Å². The zero-order valence-corrected chi connectivity index (χ0v) is 10.3. The Balaban J connectivity index is 2.55. The molecule has 0 heterocycles. The highest BCUT2D eigenvalue weighted by molar-refractivity contribution is 5.69. The fourth-order valence-corrected chi connectivity index (χ4v) is 1.68. The fraction of sp³-hybridized carbons (Fsp3) is 0.500. The molecule has 16 heavy (non-hydrogen) atoms. The first-order valence-corrected chi connectivity index (χ1v) is 5.90. The van der Waals surface area contributed by atoms with Gasteiger partial charge < -0.3 is 4.74 Å². The molecule has 88 valence electrons. The summed E-state index contributed by atoms with van der Waals surface area (Å²) in [5.74, 6) is -0.0994. The maximum Gasteiger partial charge on any atom is 0.306 e. The lowest BCUT2D eigenvalue weighted by Gasteiger charge is -2.15. The van der Waals surface area contributed by atoms with Gasteiger partial charge in [0.2, 0.25) is 0 Å². The van der Waals surface area contributed by atoms with Crippen LogP contribution in [0.5, 0.6) is 0 Å². The number of carbonyl (C=O) groups excluding carboxylic acids is 1. The Kier molecular flexibility index (Phi) is 5.03. The maximum atomic E-state index is 11.5. The Morgan fingerprint density at radius 1 is 1.38 bits per heavy atom. The molecule has 0 saturated carbocycles. The van der Waals surface area contributed by atoms with E-state index in [0.717, 1.165) is 18.4 Å². The average Bonchev–Trinajstić information content (AvgIpc) is 2.26. The monoisotopic (exact) mass is 220 g/mol. The minimum atomic E-state index is -0.148. The van der Waals surface area contributed by atoms with Crippen LogP contribution in [-0.4, -0.2) is 5.97 Å². The molecule has 1 aromatic carbocycles. The minimum Gasteiger partial charge on any atom is -0.458 e. The normalized spacial score (nSPS) is 12.2. The Labute approximate surface area is 97.6 Å². The van der Waals surface area contributed by atoms with Crippen molar-refractivity contribution in [2.24, 2.45) is 0 Å². The highest BCUT2D eigenvalue weighted by Crippen LogP contribution is 2.21. The van der Waals surface area contributed by atoms with Crippen molar-refractivity contribution in [3.8, 4) is 0 Å². The van der Waals surface area contributed by atoms with E-state index in [1.807, 2.05) is 38.1 Å². The number of unbranched alkanes of at least 4 members (excludes halogenated alkanes) is 1. The van der Waals surface area contributed by atoms with E-state index >= 15 is 0 Å². The second-order valence-corrected chi connectivity index (χ2v) is 4.09. The van der Waals surface area contributed by atoms with Crippen LogP contribution >= 0.6 is 0 Å². The molecule has 1 rings (SSSR count). The summed E-state index contributed by atoms with van der Waals surface area (Å²) < 4.78 is 5.38. The van der Waals surface area contributed by atoms with Crippen LogP contribution in [0.3, 0.4) is 0 Å². The van der Waals surface area contributed by atoms with Gasteiger partial charge in [-0.25, -0.2) is 0 Å². The van der Waals surface area contributed by atoms with E-state index in [1.165, 1.54) is 5.56 Å². The molecule has 0 amide bonds. The Hall–Kier alpha value is -1.31. The molecule has 1 atom stereocenters. The lowest BCUT2D eigenvalue weighted by Crippen LogP contribution is -2.09. The van der Waals surface area contributed by atoms with Gasteiger partial charge in [0.05, 0.1) is 0 Å². The van der Waals surface area contributed by atoms with Gasteiger partial charge >= 0.3 is 5.97 Å². The summed E-state index contributed by atoms with van der Waals surface area (Å²) in [5.41, 5.74) is 2.26. The largest absolute Gasteiger partial charge is 0.458 e. The molecule has 2 nitrogen and oxygen atoms in total. The summed E-state index contributed by atoms with van der Waals surface area (Å²) >= 11 is 0. The molecular formula is C14H20O2. The van der Waals surface area contributed by atoms with Gasteiger partial charge in [-0.3, -0.25) is 4.79 Å². The van der Waals surface area contributed by atoms with Crippen molar-refractivity contribution < 1.29 is 9.53 Å². The molecule has 0 fully saturated rings. The highest BCUT2D eigenvalue weighted by Gasteiger charge is 2.12. The summed E-state index contributed by atoms with van der Waals surface area (Å²) in [5, 5.41) is 0. The molecule has 0 radical (unpaired) electrons. The third-order valence-electron chi connectivity index (χ3n) is 2.67. The van der Waals surface area contributed by atoms with Gasteiger partial charge in [-0.2, -0.15) is 0 Å². The molecule has 0 spiro atoms. The van der Waals surface area contributed by atoms with Crippen LogP contribution in [0.4, 0.5) is 0 Å². The lowest BCUT2D eigenvalue weighted by atomic mass is 10.0. The van der Waals surface area contributed by atoms with E-state index in [2.05, 4.69) is 6.92 Å². The van der Waals surface area contributed by atoms with Gasteiger partial charge in [-0.05, 0) is 31.4 Å². The zero-order valence-electron chi connectivity index (χ0n) is 10.3. The van der Waals surface area contributed by atoms with Crippen LogP contribution in [0.2, 0.25) is 0 Å². The van der Waals surface area contributed by atoms with Crippen LogP contribution in [0.1, 0.15) is 50.3 Å². The van der Waals surface area contributed by atoms with Crippen molar-refractivity contribution >= 4 is 5.97 Å². The first-order chi connectivity index (χ1) is 7.65. The van der Waals surface area contributed by atoms with Crippen LogP contribution in [0, 0.1) is 6.92 Å². The Morgan fingerprint density at radius 3 is 2.69 bits per heavy atom. The SMILES string of the molecule is CCCCC(=O)O[C@H](C)c1ccccc1C. The standard InChI is InChI=1S/C14H20O2/c1-4-5-10-14(15)16-12(3)13-9-7-6-8-11(13)2/h6-9,12H,4-5,10H2,1-3H3/t12-/m1/s1. The third-order valence-corrected chi connectivity index (χ3v) is 2.67. The second kappa shape index (κ2) is 6.31. The second-order valence-electron chi connectivity index (χ2n) is 4.09. The van der Waals surface area contributed by atoms with Crippen LogP contribution < -0.4 is 0 Å². The number of benzene rings is 1. The maximum absolute atomic E-state index is 11.5. The number of esters is 1. The van der Waals surface area contributed by atoms with E-state index < -0.39 is 0 Å². The zero-order chi connectivity index (χ0) is 12.0. The fourth-order valence-electron chi connectivity index (χ4n) is 1.68. The van der Waals surface area contributed by atoms with Crippen molar-refractivity contribution in [1.29, 1.82) is 0 Å². The summed E-state index contributed by atoms with van der Waals surface area (Å²) in [6.07, 6.45) is 2.30. The van der Waals surface area contributed by atoms with E-state index in [0.29, 0.717) is 6.42 Å². The molecule has 0 bridgehead atoms.